The van der Waals surface area contributed by atoms with E-state index in [9.17, 15) is 4.79 Å². The van der Waals surface area contributed by atoms with Crippen molar-refractivity contribution >= 4 is 23.7 Å². The number of hydrogen-bond donors (Lipinski definition) is 3. The Bertz CT molecular complexity index is 1290. The molecule has 4 aromatic rings. The number of H-pyrrole nitrogens is 1. The average Bonchev–Trinajstić information content (AvgIpc) is 3.21. The van der Waals surface area contributed by atoms with Gasteiger partial charge in [-0.05, 0) is 30.2 Å². The second-order valence-corrected chi connectivity index (χ2v) is 7.41. The fourth-order valence-corrected chi connectivity index (χ4v) is 3.60. The average molecular weight is 399 g/mol. The van der Waals surface area contributed by atoms with Crippen molar-refractivity contribution in [2.75, 3.05) is 11.1 Å². The van der Waals surface area contributed by atoms with Crippen molar-refractivity contribution in [1.82, 2.24) is 19.1 Å². The van der Waals surface area contributed by atoms with Gasteiger partial charge in [0.15, 0.2) is 5.82 Å². The van der Waals surface area contributed by atoms with Crippen molar-refractivity contribution in [2.24, 2.45) is 4.99 Å². The van der Waals surface area contributed by atoms with Crippen LogP contribution < -0.4 is 16.7 Å². The molecule has 0 saturated heterocycles. The smallest absolute Gasteiger partial charge is 0.327 e. The minimum Gasteiger partial charge on any atom is -0.399 e. The van der Waals surface area contributed by atoms with E-state index in [0.29, 0.717) is 36.1 Å². The van der Waals surface area contributed by atoms with Gasteiger partial charge in [0, 0.05) is 5.69 Å². The summed E-state index contributed by atoms with van der Waals surface area (Å²) in [5, 5.41) is 3.15. The molecule has 1 aliphatic heterocycles. The molecule has 2 aromatic carbocycles. The predicted octanol–water partition coefficient (Wildman–Crippen LogP) is 3.11. The fraction of sp³-hybridized carbons (Fsp3) is 0.136. The largest absolute Gasteiger partial charge is 0.399 e. The molecule has 0 amide bonds. The zero-order valence-corrected chi connectivity index (χ0v) is 16.5. The highest BCUT2D eigenvalue weighted by atomic mass is 16.1. The van der Waals surface area contributed by atoms with Gasteiger partial charge in [-0.3, -0.25) is 4.57 Å². The van der Waals surface area contributed by atoms with Crippen LogP contribution in [0.15, 0.2) is 64.6 Å². The summed E-state index contributed by atoms with van der Waals surface area (Å²) >= 11 is 0. The molecule has 5 rings (SSSR count). The molecule has 2 aromatic heterocycles. The molecule has 0 radical (unpaired) electrons. The van der Waals surface area contributed by atoms with Crippen LogP contribution in [0, 0.1) is 6.92 Å². The highest BCUT2D eigenvalue weighted by Gasteiger charge is 2.23. The quantitative estimate of drug-likeness (QED) is 0.459. The van der Waals surface area contributed by atoms with Crippen LogP contribution in [-0.4, -0.2) is 25.4 Å². The number of fused-ring (bicyclic) bond motifs is 3. The Kier molecular flexibility index (Phi) is 4.24. The molecule has 3 heterocycles. The molecule has 0 fully saturated rings. The van der Waals surface area contributed by atoms with E-state index >= 15 is 0 Å². The standard InChI is InChI=1S/C22H21N7O/c1-14-2-4-16(5-3-14)11-29-21-19(27-22(29)30)18-20(24-12-25-21)28(13-26-18)10-15-6-8-17(23)9-7-15/h2-9,12-13H,10-11,23H2,1H3,(H,24,25)(H,27,30). The van der Waals surface area contributed by atoms with Gasteiger partial charge in [-0.25, -0.2) is 14.8 Å². The lowest BCUT2D eigenvalue weighted by Crippen LogP contribution is -2.19. The van der Waals surface area contributed by atoms with Gasteiger partial charge in [0.25, 0.3) is 0 Å². The first kappa shape index (κ1) is 18.0. The predicted molar refractivity (Wildman–Crippen MR) is 118 cm³/mol. The van der Waals surface area contributed by atoms with Crippen molar-refractivity contribution in [2.45, 2.75) is 20.0 Å². The lowest BCUT2D eigenvalue weighted by atomic mass is 10.1. The van der Waals surface area contributed by atoms with Crippen molar-refractivity contribution in [3.05, 3.63) is 82.0 Å². The molecule has 8 heteroatoms. The van der Waals surface area contributed by atoms with E-state index in [1.54, 1.807) is 17.2 Å². The van der Waals surface area contributed by atoms with E-state index in [1.165, 1.54) is 5.56 Å². The molecule has 4 N–H and O–H groups in total. The lowest BCUT2D eigenvalue weighted by Gasteiger charge is -2.07. The molecule has 0 saturated carbocycles. The number of benzene rings is 2. The molecule has 1 aliphatic rings. The number of aromatic nitrogens is 4. The maximum Gasteiger partial charge on any atom is 0.327 e. The van der Waals surface area contributed by atoms with Crippen LogP contribution in [0.3, 0.4) is 0 Å². The van der Waals surface area contributed by atoms with Crippen molar-refractivity contribution in [1.29, 1.82) is 0 Å². The van der Waals surface area contributed by atoms with E-state index < -0.39 is 0 Å². The second-order valence-electron chi connectivity index (χ2n) is 7.41. The van der Waals surface area contributed by atoms with E-state index in [0.717, 1.165) is 16.8 Å². The maximum absolute atomic E-state index is 12.7. The number of nitrogens with zero attached hydrogens (tertiary/aromatic N) is 4. The summed E-state index contributed by atoms with van der Waals surface area (Å²) in [6, 6.07) is 15.8. The molecular weight excluding hydrogens is 378 g/mol. The van der Waals surface area contributed by atoms with E-state index in [-0.39, 0.29) is 5.69 Å². The third kappa shape index (κ3) is 3.18. The van der Waals surface area contributed by atoms with Crippen molar-refractivity contribution in [3.63, 3.8) is 0 Å². The number of imidazole rings is 2. The number of nitrogen functional groups attached to an aromatic ring is 1. The SMILES string of the molecule is Cc1ccc(Cn2c3c([nH]c2=O)-c2ncn(Cc4ccc(N)cc4)c2N=CN3)cc1. The van der Waals surface area contributed by atoms with Crippen LogP contribution in [0.5, 0.6) is 0 Å². The van der Waals surface area contributed by atoms with Gasteiger partial charge in [0.2, 0.25) is 0 Å². The zero-order chi connectivity index (χ0) is 20.7. The number of aromatic amines is 1. The fourth-order valence-electron chi connectivity index (χ4n) is 3.60. The Morgan fingerprint density at radius 1 is 1.00 bits per heavy atom. The molecule has 30 heavy (non-hydrogen) atoms. The first-order valence-electron chi connectivity index (χ1n) is 9.66. The summed E-state index contributed by atoms with van der Waals surface area (Å²) in [4.78, 5) is 24.7. The van der Waals surface area contributed by atoms with E-state index in [2.05, 4.69) is 20.3 Å². The topological polar surface area (TPSA) is 106 Å². The van der Waals surface area contributed by atoms with Crippen LogP contribution in [0.2, 0.25) is 0 Å². The minimum atomic E-state index is -0.192. The van der Waals surface area contributed by atoms with Gasteiger partial charge in [0.1, 0.15) is 17.2 Å². The summed E-state index contributed by atoms with van der Waals surface area (Å²) in [7, 11) is 0. The summed E-state index contributed by atoms with van der Waals surface area (Å²) in [6.07, 6.45) is 3.34. The van der Waals surface area contributed by atoms with Gasteiger partial charge >= 0.3 is 5.69 Å². The van der Waals surface area contributed by atoms with Crippen molar-refractivity contribution in [3.8, 4) is 11.4 Å². The first-order valence-corrected chi connectivity index (χ1v) is 9.66. The molecule has 0 unspecified atom stereocenters. The molecular formula is C22H21N7O. The van der Waals surface area contributed by atoms with Gasteiger partial charge in [0.05, 0.1) is 25.8 Å². The Labute approximate surface area is 172 Å². The van der Waals surface area contributed by atoms with Gasteiger partial charge in [-0.2, -0.15) is 0 Å². The number of aryl methyl sites for hydroxylation is 1. The minimum absolute atomic E-state index is 0.192. The molecule has 0 atom stereocenters. The van der Waals surface area contributed by atoms with Gasteiger partial charge in [-0.1, -0.05) is 42.0 Å². The molecule has 0 spiro atoms. The number of aliphatic imine (C=N–C) groups is 1. The number of rotatable bonds is 4. The summed E-state index contributed by atoms with van der Waals surface area (Å²) in [5.74, 6) is 1.34. The Hall–Kier alpha value is -4.07. The van der Waals surface area contributed by atoms with Crippen LogP contribution in [0.1, 0.15) is 16.7 Å². The second kappa shape index (κ2) is 7.07. The zero-order valence-electron chi connectivity index (χ0n) is 16.5. The Balaban J connectivity index is 1.52. The third-order valence-electron chi connectivity index (χ3n) is 5.21. The summed E-state index contributed by atoms with van der Waals surface area (Å²) < 4.78 is 3.61. The highest BCUT2D eigenvalue weighted by molar-refractivity contribution is 5.90. The van der Waals surface area contributed by atoms with Crippen LogP contribution in [0.25, 0.3) is 11.4 Å². The van der Waals surface area contributed by atoms with Crippen LogP contribution in [-0.2, 0) is 13.1 Å². The van der Waals surface area contributed by atoms with E-state index in [4.69, 9.17) is 5.73 Å². The summed E-state index contributed by atoms with van der Waals surface area (Å²) in [6.45, 7) is 3.09. The first-order chi connectivity index (χ1) is 14.6. The molecule has 8 nitrogen and oxygen atoms in total. The molecule has 0 bridgehead atoms. The highest BCUT2D eigenvalue weighted by Crippen LogP contribution is 2.34. The monoisotopic (exact) mass is 399 g/mol. The molecule has 0 aliphatic carbocycles. The lowest BCUT2D eigenvalue weighted by molar-refractivity contribution is 0.770. The van der Waals surface area contributed by atoms with E-state index in [1.807, 2.05) is 60.0 Å². The van der Waals surface area contributed by atoms with Gasteiger partial charge < -0.3 is 20.6 Å². The Morgan fingerprint density at radius 2 is 1.70 bits per heavy atom. The number of anilines is 2. The number of nitrogens with two attached hydrogens (primary N) is 1. The summed E-state index contributed by atoms with van der Waals surface area (Å²) in [5.41, 5.74) is 10.9. The van der Waals surface area contributed by atoms with Crippen LogP contribution >= 0.6 is 0 Å². The molecule has 150 valence electrons. The number of hydrogen-bond acceptors (Lipinski definition) is 5. The number of nitrogens with one attached hydrogen (secondary N) is 2. The normalized spacial score (nSPS) is 12.2. The van der Waals surface area contributed by atoms with Crippen molar-refractivity contribution < 1.29 is 0 Å². The van der Waals surface area contributed by atoms with Gasteiger partial charge in [-0.15, -0.1) is 0 Å². The van der Waals surface area contributed by atoms with Crippen LogP contribution in [0.4, 0.5) is 17.3 Å². The maximum atomic E-state index is 12.7. The third-order valence-corrected chi connectivity index (χ3v) is 5.21. The Morgan fingerprint density at radius 3 is 2.47 bits per heavy atom.